The summed E-state index contributed by atoms with van der Waals surface area (Å²) in [7, 11) is 0. The number of amides is 2. The molecule has 152 valence electrons. The van der Waals surface area contributed by atoms with Crippen LogP contribution in [0.2, 0.25) is 10.0 Å². The molecule has 3 atom stereocenters. The molecule has 1 heterocycles. The summed E-state index contributed by atoms with van der Waals surface area (Å²) in [5, 5.41) is 7.89. The molecule has 0 radical (unpaired) electrons. The number of hydrogen-bond acceptors (Lipinski definition) is 3. The number of piperazine rings is 1. The van der Waals surface area contributed by atoms with E-state index < -0.39 is 11.8 Å². The number of carbonyl (C=O) groups excluding carboxylic acids is 2. The Hall–Kier alpha value is -2.08. The van der Waals surface area contributed by atoms with Crippen LogP contribution in [0.4, 0.5) is 0 Å². The van der Waals surface area contributed by atoms with Gasteiger partial charge in [0.05, 0.1) is 12.1 Å². The fraction of sp³-hybridized carbons (Fsp3) is 0.364. The van der Waals surface area contributed by atoms with Crippen molar-refractivity contribution in [1.82, 2.24) is 15.5 Å². The summed E-state index contributed by atoms with van der Waals surface area (Å²) in [6, 6.07) is 15.1. The van der Waals surface area contributed by atoms with E-state index in [4.69, 9.17) is 23.2 Å². The first-order valence-corrected chi connectivity index (χ1v) is 10.6. The fourth-order valence-corrected chi connectivity index (χ4v) is 4.52. The first kappa shape index (κ1) is 20.2. The van der Waals surface area contributed by atoms with E-state index in [1.54, 1.807) is 17.0 Å². The number of hydrogen-bond donors (Lipinski definition) is 2. The van der Waals surface area contributed by atoms with Gasteiger partial charge in [-0.25, -0.2) is 0 Å². The van der Waals surface area contributed by atoms with Gasteiger partial charge in [-0.15, -0.1) is 0 Å². The number of benzene rings is 2. The molecule has 2 aromatic rings. The number of nitrogens with zero attached hydrogens (tertiary/aromatic N) is 1. The molecule has 1 saturated carbocycles. The molecule has 4 rings (SSSR count). The van der Waals surface area contributed by atoms with Gasteiger partial charge in [0.2, 0.25) is 0 Å². The number of nitrogens with one attached hydrogen (secondary N) is 2. The van der Waals surface area contributed by atoms with Crippen LogP contribution in [-0.4, -0.2) is 34.8 Å². The van der Waals surface area contributed by atoms with Gasteiger partial charge in [0.25, 0.3) is 0 Å². The summed E-state index contributed by atoms with van der Waals surface area (Å²) in [5.41, 5.74) is 2.10. The predicted octanol–water partition coefficient (Wildman–Crippen LogP) is 3.53. The molecule has 0 bridgehead atoms. The Kier molecular flexibility index (Phi) is 6.09. The maximum atomic E-state index is 12.6. The molecule has 2 aromatic carbocycles. The highest BCUT2D eigenvalue weighted by atomic mass is 35.5. The van der Waals surface area contributed by atoms with Crippen LogP contribution >= 0.6 is 23.2 Å². The van der Waals surface area contributed by atoms with E-state index in [1.807, 2.05) is 36.4 Å². The maximum absolute atomic E-state index is 12.6. The third-order valence-electron chi connectivity index (χ3n) is 5.76. The largest absolute Gasteiger partial charge is 0.341 e. The normalized spacial score (nSPS) is 24.2. The van der Waals surface area contributed by atoms with Crippen molar-refractivity contribution >= 4 is 35.0 Å². The number of halogens is 2. The van der Waals surface area contributed by atoms with Crippen molar-refractivity contribution in [3.63, 3.8) is 0 Å². The quantitative estimate of drug-likeness (QED) is 0.711. The predicted molar refractivity (Wildman–Crippen MR) is 114 cm³/mol. The minimum absolute atomic E-state index is 0.0210. The van der Waals surface area contributed by atoms with Crippen LogP contribution in [0.15, 0.2) is 48.5 Å². The van der Waals surface area contributed by atoms with Crippen LogP contribution in [0.3, 0.4) is 0 Å². The Balaban J connectivity index is 1.48. The summed E-state index contributed by atoms with van der Waals surface area (Å²) < 4.78 is 0. The molecular weight excluding hydrogens is 409 g/mol. The minimum atomic E-state index is -0.527. The lowest BCUT2D eigenvalue weighted by atomic mass is 9.83. The standard InChI is InChI=1S/C22H23Cl2N3O2/c23-16-8-4-14(5-9-16)12-25-18-2-1-3-19-20(18)26-21(28)22(29)27(19)13-15-6-10-17(24)11-7-15/h4-11,18-20,25H,1-3,12-13H2,(H,26,28)/t18-,19+,20+/m0/s1. The van der Waals surface area contributed by atoms with Crippen molar-refractivity contribution in [1.29, 1.82) is 0 Å². The van der Waals surface area contributed by atoms with E-state index in [0.717, 1.165) is 30.4 Å². The highest BCUT2D eigenvalue weighted by Crippen LogP contribution is 2.28. The summed E-state index contributed by atoms with van der Waals surface area (Å²) in [6.45, 7) is 1.10. The highest BCUT2D eigenvalue weighted by molar-refractivity contribution is 6.35. The second kappa shape index (κ2) is 8.74. The van der Waals surface area contributed by atoms with Crippen molar-refractivity contribution < 1.29 is 9.59 Å². The fourth-order valence-electron chi connectivity index (χ4n) is 4.27. The van der Waals surface area contributed by atoms with Crippen LogP contribution in [-0.2, 0) is 22.7 Å². The Labute approximate surface area is 180 Å². The van der Waals surface area contributed by atoms with Crippen LogP contribution in [0, 0.1) is 0 Å². The van der Waals surface area contributed by atoms with Gasteiger partial charge in [0.15, 0.2) is 0 Å². The van der Waals surface area contributed by atoms with Gasteiger partial charge in [-0.2, -0.15) is 0 Å². The van der Waals surface area contributed by atoms with E-state index in [-0.39, 0.29) is 18.1 Å². The molecule has 2 N–H and O–H groups in total. The van der Waals surface area contributed by atoms with Crippen molar-refractivity contribution in [3.8, 4) is 0 Å². The lowest BCUT2D eigenvalue weighted by Crippen LogP contribution is -2.69. The van der Waals surface area contributed by atoms with Crippen LogP contribution in [0.25, 0.3) is 0 Å². The third-order valence-corrected chi connectivity index (χ3v) is 6.27. The van der Waals surface area contributed by atoms with E-state index in [1.165, 1.54) is 0 Å². The number of rotatable bonds is 5. The first-order valence-electron chi connectivity index (χ1n) is 9.85. The van der Waals surface area contributed by atoms with Crippen molar-refractivity contribution in [2.75, 3.05) is 0 Å². The lowest BCUT2D eigenvalue weighted by molar-refractivity contribution is -0.154. The van der Waals surface area contributed by atoms with Crippen LogP contribution < -0.4 is 10.6 Å². The maximum Gasteiger partial charge on any atom is 0.312 e. The van der Waals surface area contributed by atoms with Gasteiger partial charge in [-0.05, 0) is 54.7 Å². The SMILES string of the molecule is O=C1N[C@@H]2[C@@H](NCc3ccc(Cl)cc3)CCC[C@H]2N(Cc2ccc(Cl)cc2)C1=O. The van der Waals surface area contributed by atoms with Crippen molar-refractivity contribution in [2.45, 2.75) is 50.5 Å². The average molecular weight is 432 g/mol. The van der Waals surface area contributed by atoms with Gasteiger partial charge in [0.1, 0.15) is 0 Å². The second-order valence-corrected chi connectivity index (χ2v) is 8.54. The lowest BCUT2D eigenvalue weighted by Gasteiger charge is -2.47. The molecule has 0 spiro atoms. The number of fused-ring (bicyclic) bond motifs is 1. The Morgan fingerprint density at radius 1 is 0.931 bits per heavy atom. The average Bonchev–Trinajstić information content (AvgIpc) is 2.72. The zero-order chi connectivity index (χ0) is 20.4. The first-order chi connectivity index (χ1) is 14.0. The topological polar surface area (TPSA) is 61.4 Å². The second-order valence-electron chi connectivity index (χ2n) is 7.67. The molecule has 7 heteroatoms. The minimum Gasteiger partial charge on any atom is -0.341 e. The Morgan fingerprint density at radius 2 is 1.55 bits per heavy atom. The van der Waals surface area contributed by atoms with Crippen LogP contribution in [0.1, 0.15) is 30.4 Å². The van der Waals surface area contributed by atoms with Gasteiger partial charge in [0, 0.05) is 29.2 Å². The molecule has 2 amide bonds. The Morgan fingerprint density at radius 3 is 2.21 bits per heavy atom. The van der Waals surface area contributed by atoms with Crippen molar-refractivity contribution in [2.24, 2.45) is 0 Å². The van der Waals surface area contributed by atoms with Gasteiger partial charge >= 0.3 is 11.8 Å². The molecule has 5 nitrogen and oxygen atoms in total. The number of carbonyl (C=O) groups is 2. The highest BCUT2D eigenvalue weighted by Gasteiger charge is 2.45. The van der Waals surface area contributed by atoms with E-state index in [0.29, 0.717) is 23.1 Å². The summed E-state index contributed by atoms with van der Waals surface area (Å²) in [4.78, 5) is 26.7. The van der Waals surface area contributed by atoms with Crippen LogP contribution in [0.5, 0.6) is 0 Å². The van der Waals surface area contributed by atoms with Gasteiger partial charge < -0.3 is 15.5 Å². The third kappa shape index (κ3) is 4.58. The van der Waals surface area contributed by atoms with E-state index in [2.05, 4.69) is 10.6 Å². The molecule has 2 fully saturated rings. The smallest absolute Gasteiger partial charge is 0.312 e. The Bertz CT molecular complexity index is 886. The van der Waals surface area contributed by atoms with Gasteiger partial charge in [-0.3, -0.25) is 9.59 Å². The van der Waals surface area contributed by atoms with Gasteiger partial charge in [-0.1, -0.05) is 47.5 Å². The summed E-state index contributed by atoms with van der Waals surface area (Å²) in [6.07, 6.45) is 2.83. The molecule has 1 aliphatic heterocycles. The zero-order valence-electron chi connectivity index (χ0n) is 15.9. The summed E-state index contributed by atoms with van der Waals surface area (Å²) >= 11 is 11.9. The molecule has 1 saturated heterocycles. The molecule has 29 heavy (non-hydrogen) atoms. The molecule has 0 aromatic heterocycles. The monoisotopic (exact) mass is 431 g/mol. The zero-order valence-corrected chi connectivity index (χ0v) is 17.4. The van der Waals surface area contributed by atoms with Crippen molar-refractivity contribution in [3.05, 3.63) is 69.7 Å². The summed E-state index contributed by atoms with van der Waals surface area (Å²) in [5.74, 6) is -0.986. The van der Waals surface area contributed by atoms with E-state index in [9.17, 15) is 9.59 Å². The molecular formula is C22H23Cl2N3O2. The van der Waals surface area contributed by atoms with E-state index >= 15 is 0 Å². The molecule has 0 unspecified atom stereocenters. The molecule has 1 aliphatic carbocycles. The molecule has 2 aliphatic rings.